The molecule has 1 saturated carbocycles. The molecule has 0 amide bonds. The zero-order chi connectivity index (χ0) is 13.7. The van der Waals surface area contributed by atoms with Crippen LogP contribution in [0.5, 0.6) is 0 Å². The van der Waals surface area contributed by atoms with Crippen molar-refractivity contribution in [2.45, 2.75) is 32.1 Å². The van der Waals surface area contributed by atoms with Gasteiger partial charge in [-0.05, 0) is 43.4 Å². The maximum Gasteiger partial charge on any atom is 0.0991 e. The lowest BCUT2D eigenvalue weighted by molar-refractivity contribution is 0.418. The molecule has 0 N–H and O–H groups in total. The minimum absolute atomic E-state index is 0.559. The van der Waals surface area contributed by atoms with Crippen molar-refractivity contribution in [1.82, 2.24) is 5.01 Å². The number of hydrogen-bond donors (Lipinski definition) is 0. The summed E-state index contributed by atoms with van der Waals surface area (Å²) >= 11 is 0. The average molecular weight is 255 g/mol. The van der Waals surface area contributed by atoms with Crippen LogP contribution in [0.15, 0.2) is 29.4 Å². The molecule has 19 heavy (non-hydrogen) atoms. The summed E-state index contributed by atoms with van der Waals surface area (Å²) < 4.78 is 0. The zero-order valence-electron chi connectivity index (χ0n) is 11.8. The number of benzene rings is 1. The average Bonchev–Trinajstić information content (AvgIpc) is 2.41. The van der Waals surface area contributed by atoms with Crippen LogP contribution < -0.4 is 0 Å². The van der Waals surface area contributed by atoms with Crippen LogP contribution >= 0.6 is 0 Å². The van der Waals surface area contributed by atoms with E-state index < -0.39 is 0 Å². The first-order chi connectivity index (χ1) is 9.19. The third-order valence-corrected chi connectivity index (χ3v) is 3.60. The molecule has 0 radical (unpaired) electrons. The van der Waals surface area contributed by atoms with Crippen molar-refractivity contribution >= 4 is 5.71 Å². The van der Waals surface area contributed by atoms with Gasteiger partial charge in [0.25, 0.3) is 0 Å². The smallest absolute Gasteiger partial charge is 0.0991 e. The summed E-state index contributed by atoms with van der Waals surface area (Å²) in [6, 6.07) is 10.1. The Morgan fingerprint density at radius 3 is 2.63 bits per heavy atom. The Morgan fingerprint density at radius 2 is 2.00 bits per heavy atom. The first kappa shape index (κ1) is 13.6. The van der Waals surface area contributed by atoms with Crippen LogP contribution in [-0.2, 0) is 6.42 Å². The van der Waals surface area contributed by atoms with Crippen LogP contribution in [-0.4, -0.2) is 24.8 Å². The second-order valence-electron chi connectivity index (χ2n) is 5.39. The normalized spacial score (nSPS) is 21.1. The summed E-state index contributed by atoms with van der Waals surface area (Å²) in [5, 5.41) is 15.4. The molecule has 3 nitrogen and oxygen atoms in total. The zero-order valence-corrected chi connectivity index (χ0v) is 11.8. The predicted octanol–water partition coefficient (Wildman–Crippen LogP) is 3.21. The molecule has 0 spiro atoms. The van der Waals surface area contributed by atoms with Crippen molar-refractivity contribution in [2.75, 3.05) is 14.1 Å². The lowest BCUT2D eigenvalue weighted by Crippen LogP contribution is -2.24. The summed E-state index contributed by atoms with van der Waals surface area (Å²) in [6.07, 6.45) is 5.95. The summed E-state index contributed by atoms with van der Waals surface area (Å²) in [6.45, 7) is 0. The largest absolute Gasteiger partial charge is 0.303 e. The van der Waals surface area contributed by atoms with Gasteiger partial charge in [0.15, 0.2) is 0 Å². The molecule has 1 unspecified atom stereocenters. The van der Waals surface area contributed by atoms with Gasteiger partial charge >= 0.3 is 0 Å². The lowest BCUT2D eigenvalue weighted by Gasteiger charge is -2.25. The quantitative estimate of drug-likeness (QED) is 0.778. The number of hydrogen-bond acceptors (Lipinski definition) is 3. The highest BCUT2D eigenvalue weighted by Crippen LogP contribution is 2.25. The van der Waals surface area contributed by atoms with Crippen molar-refractivity contribution in [3.05, 3.63) is 35.4 Å². The second-order valence-corrected chi connectivity index (χ2v) is 5.39. The van der Waals surface area contributed by atoms with Gasteiger partial charge in [0, 0.05) is 25.7 Å². The minimum Gasteiger partial charge on any atom is -0.303 e. The summed E-state index contributed by atoms with van der Waals surface area (Å²) in [5.41, 5.74) is 3.37. The highest BCUT2D eigenvalue weighted by atomic mass is 15.4. The molecular weight excluding hydrogens is 234 g/mol. The van der Waals surface area contributed by atoms with E-state index >= 15 is 0 Å². The van der Waals surface area contributed by atoms with E-state index in [1.165, 1.54) is 30.5 Å². The fourth-order valence-electron chi connectivity index (χ4n) is 2.68. The fourth-order valence-corrected chi connectivity index (χ4v) is 2.68. The van der Waals surface area contributed by atoms with Crippen molar-refractivity contribution in [2.24, 2.45) is 11.0 Å². The SMILES string of the molecule is CN(C)/N=C1/CCCCC1Cc1ccc(C#N)cc1. The van der Waals surface area contributed by atoms with Gasteiger partial charge in [-0.15, -0.1) is 0 Å². The number of nitriles is 1. The molecule has 1 fully saturated rings. The molecule has 1 atom stereocenters. The highest BCUT2D eigenvalue weighted by Gasteiger charge is 2.21. The van der Waals surface area contributed by atoms with E-state index in [0.29, 0.717) is 5.92 Å². The molecule has 1 aromatic carbocycles. The van der Waals surface area contributed by atoms with E-state index in [-0.39, 0.29) is 0 Å². The standard InChI is InChI=1S/C16H21N3/c1-19(2)18-16-6-4-3-5-15(16)11-13-7-9-14(12-17)10-8-13/h7-10,15H,3-6,11H2,1-2H3/b18-16-. The van der Waals surface area contributed by atoms with Gasteiger partial charge in [0.2, 0.25) is 0 Å². The van der Waals surface area contributed by atoms with Crippen LogP contribution in [0.25, 0.3) is 0 Å². The van der Waals surface area contributed by atoms with Gasteiger partial charge in [-0.25, -0.2) is 0 Å². The molecule has 0 aromatic heterocycles. The van der Waals surface area contributed by atoms with Crippen molar-refractivity contribution in [3.63, 3.8) is 0 Å². The molecular formula is C16H21N3. The van der Waals surface area contributed by atoms with E-state index in [0.717, 1.165) is 18.4 Å². The summed E-state index contributed by atoms with van der Waals surface area (Å²) in [5.74, 6) is 0.559. The molecule has 0 bridgehead atoms. The number of nitrogens with zero attached hydrogens (tertiary/aromatic N) is 3. The van der Waals surface area contributed by atoms with Crippen LogP contribution in [0.2, 0.25) is 0 Å². The van der Waals surface area contributed by atoms with Gasteiger partial charge in [-0.2, -0.15) is 10.4 Å². The molecule has 1 aromatic rings. The van der Waals surface area contributed by atoms with E-state index in [9.17, 15) is 0 Å². The van der Waals surface area contributed by atoms with Crippen LogP contribution in [0.3, 0.4) is 0 Å². The Balaban J connectivity index is 2.08. The van der Waals surface area contributed by atoms with Gasteiger partial charge in [0.1, 0.15) is 0 Å². The Kier molecular flexibility index (Phi) is 4.57. The van der Waals surface area contributed by atoms with E-state index in [1.807, 2.05) is 31.2 Å². The molecule has 0 aliphatic heterocycles. The van der Waals surface area contributed by atoms with Crippen LogP contribution in [0, 0.1) is 17.2 Å². The Morgan fingerprint density at radius 1 is 1.26 bits per heavy atom. The third-order valence-electron chi connectivity index (χ3n) is 3.60. The van der Waals surface area contributed by atoms with E-state index in [4.69, 9.17) is 5.26 Å². The number of rotatable bonds is 3. The Bertz CT molecular complexity index is 480. The Hall–Kier alpha value is -1.82. The Labute approximate surface area is 115 Å². The first-order valence-electron chi connectivity index (χ1n) is 6.93. The van der Waals surface area contributed by atoms with Crippen LogP contribution in [0.4, 0.5) is 0 Å². The van der Waals surface area contributed by atoms with Gasteiger partial charge < -0.3 is 5.01 Å². The molecule has 100 valence electrons. The number of hydrazone groups is 1. The second kappa shape index (κ2) is 6.38. The van der Waals surface area contributed by atoms with Gasteiger partial charge in [-0.3, -0.25) is 0 Å². The molecule has 0 heterocycles. The topological polar surface area (TPSA) is 39.4 Å². The third kappa shape index (κ3) is 3.82. The molecule has 0 saturated heterocycles. The minimum atomic E-state index is 0.559. The van der Waals surface area contributed by atoms with Gasteiger partial charge in [0.05, 0.1) is 11.6 Å². The van der Waals surface area contributed by atoms with Crippen molar-refractivity contribution < 1.29 is 0 Å². The monoisotopic (exact) mass is 255 g/mol. The molecule has 1 aliphatic carbocycles. The van der Waals surface area contributed by atoms with Crippen molar-refractivity contribution in [1.29, 1.82) is 5.26 Å². The predicted molar refractivity (Wildman–Crippen MR) is 77.9 cm³/mol. The molecule has 1 aliphatic rings. The fraction of sp³-hybridized carbons (Fsp3) is 0.500. The van der Waals surface area contributed by atoms with E-state index in [1.54, 1.807) is 0 Å². The van der Waals surface area contributed by atoms with Crippen LogP contribution in [0.1, 0.15) is 36.8 Å². The molecule has 2 rings (SSSR count). The highest BCUT2D eigenvalue weighted by molar-refractivity contribution is 5.87. The summed E-state index contributed by atoms with van der Waals surface area (Å²) in [4.78, 5) is 0. The van der Waals surface area contributed by atoms with E-state index in [2.05, 4.69) is 23.3 Å². The lowest BCUT2D eigenvalue weighted by atomic mass is 9.83. The molecule has 3 heteroatoms. The summed E-state index contributed by atoms with van der Waals surface area (Å²) in [7, 11) is 3.97. The first-order valence-corrected chi connectivity index (χ1v) is 6.93. The van der Waals surface area contributed by atoms with Gasteiger partial charge in [-0.1, -0.05) is 18.6 Å². The maximum absolute atomic E-state index is 8.82. The van der Waals surface area contributed by atoms with Crippen molar-refractivity contribution in [3.8, 4) is 6.07 Å². The maximum atomic E-state index is 8.82.